The Morgan fingerprint density at radius 2 is 1.85 bits per heavy atom. The highest BCUT2D eigenvalue weighted by atomic mass is 19.1. The molecule has 3 N–H and O–H groups in total. The Labute approximate surface area is 199 Å². The van der Waals surface area contributed by atoms with Gasteiger partial charge in [0.25, 0.3) is 0 Å². The first-order valence-electron chi connectivity index (χ1n) is 11.5. The van der Waals surface area contributed by atoms with Gasteiger partial charge in [0.05, 0.1) is 34.5 Å². The molecule has 4 rings (SSSR count). The summed E-state index contributed by atoms with van der Waals surface area (Å²) in [6.45, 7) is 14.4. The van der Waals surface area contributed by atoms with Crippen LogP contribution in [0.2, 0.25) is 0 Å². The Bertz CT molecular complexity index is 1330. The molecule has 0 fully saturated rings. The summed E-state index contributed by atoms with van der Waals surface area (Å²) in [5.41, 5.74) is 7.06. The van der Waals surface area contributed by atoms with E-state index in [1.54, 1.807) is 19.2 Å². The lowest BCUT2D eigenvalue weighted by Crippen LogP contribution is -2.26. The van der Waals surface area contributed by atoms with Crippen molar-refractivity contribution in [3.63, 3.8) is 0 Å². The van der Waals surface area contributed by atoms with E-state index >= 15 is 0 Å². The van der Waals surface area contributed by atoms with Crippen LogP contribution in [0.25, 0.3) is 33.4 Å². The highest BCUT2D eigenvalue weighted by Crippen LogP contribution is 2.31. The monoisotopic (exact) mass is 455 g/mol. The van der Waals surface area contributed by atoms with Gasteiger partial charge in [0.2, 0.25) is 0 Å². The number of hydrogen-bond donors (Lipinski definition) is 3. The highest BCUT2D eigenvalue weighted by Gasteiger charge is 2.13. The Hall–Kier alpha value is -3.93. The van der Waals surface area contributed by atoms with Crippen LogP contribution in [0, 0.1) is 12.7 Å². The number of nitrogens with zero attached hydrogens (tertiary/aromatic N) is 2. The van der Waals surface area contributed by atoms with Gasteiger partial charge < -0.3 is 10.6 Å². The van der Waals surface area contributed by atoms with E-state index in [9.17, 15) is 4.39 Å². The summed E-state index contributed by atoms with van der Waals surface area (Å²) < 4.78 is 14.1. The van der Waals surface area contributed by atoms with Crippen LogP contribution in [0.4, 0.5) is 10.1 Å². The fraction of sp³-hybridized carbons (Fsp3) is 0.214. The molecule has 0 aliphatic carbocycles. The third-order valence-electron chi connectivity index (χ3n) is 6.16. The van der Waals surface area contributed by atoms with Crippen molar-refractivity contribution in [2.24, 2.45) is 0 Å². The summed E-state index contributed by atoms with van der Waals surface area (Å²) >= 11 is 0. The van der Waals surface area contributed by atoms with Crippen LogP contribution in [0.15, 0.2) is 67.9 Å². The van der Waals surface area contributed by atoms with Gasteiger partial charge in [-0.25, -0.2) is 4.39 Å². The van der Waals surface area contributed by atoms with Crippen LogP contribution in [0.3, 0.4) is 0 Å². The summed E-state index contributed by atoms with van der Waals surface area (Å²) in [6, 6.07) is 15.3. The number of rotatable bonds is 9. The minimum absolute atomic E-state index is 0.218. The zero-order valence-electron chi connectivity index (χ0n) is 19.9. The minimum atomic E-state index is -0.218. The van der Waals surface area contributed by atoms with E-state index < -0.39 is 0 Å². The quantitative estimate of drug-likeness (QED) is 0.257. The maximum absolute atomic E-state index is 14.1. The second-order valence-electron chi connectivity index (χ2n) is 8.42. The number of hydrogen-bond acceptors (Lipinski definition) is 4. The second-order valence-corrected chi connectivity index (χ2v) is 8.42. The van der Waals surface area contributed by atoms with E-state index in [0.717, 1.165) is 51.9 Å². The molecule has 0 aliphatic heterocycles. The number of nitrogens with one attached hydrogen (secondary N) is 3. The molecule has 0 spiro atoms. The lowest BCUT2D eigenvalue weighted by Gasteiger charge is -2.18. The number of benzene rings is 2. The lowest BCUT2D eigenvalue weighted by atomic mass is 9.98. The van der Waals surface area contributed by atoms with Gasteiger partial charge in [0.1, 0.15) is 11.5 Å². The molecule has 0 amide bonds. The van der Waals surface area contributed by atoms with Crippen molar-refractivity contribution in [2.45, 2.75) is 39.7 Å². The molecule has 0 saturated heterocycles. The van der Waals surface area contributed by atoms with Crippen molar-refractivity contribution in [1.82, 2.24) is 20.5 Å². The molecule has 4 aromatic rings. The van der Waals surface area contributed by atoms with Crippen LogP contribution >= 0.6 is 0 Å². The van der Waals surface area contributed by atoms with Gasteiger partial charge in [-0.3, -0.25) is 10.1 Å². The van der Waals surface area contributed by atoms with E-state index in [2.05, 4.69) is 52.8 Å². The normalized spacial score (nSPS) is 11.1. The SMILES string of the molecule is C=C(NC(CC)CC)c1ccc(NC(=C)c2n[nH]c3ccc(-c4cccc(F)c4C)cc23)cn1. The summed E-state index contributed by atoms with van der Waals surface area (Å²) in [7, 11) is 0. The standard InChI is InChI=1S/C28H30FN5/c1-6-21(7-2)31-18(4)26-14-12-22(16-30-26)32-19(5)28-24-15-20(11-13-27(24)33-34-28)23-9-8-10-25(29)17(23)3/h8-16,21,31-32H,4-7H2,1-3H3,(H,33,34). The average Bonchev–Trinajstić information content (AvgIpc) is 3.28. The van der Waals surface area contributed by atoms with Gasteiger partial charge >= 0.3 is 0 Å². The number of fused-ring (bicyclic) bond motifs is 1. The van der Waals surface area contributed by atoms with Crippen LogP contribution < -0.4 is 10.6 Å². The predicted molar refractivity (Wildman–Crippen MR) is 140 cm³/mol. The van der Waals surface area contributed by atoms with Gasteiger partial charge in [-0.15, -0.1) is 0 Å². The van der Waals surface area contributed by atoms with Crippen LogP contribution in [0.1, 0.15) is 43.6 Å². The topological polar surface area (TPSA) is 65.6 Å². The van der Waals surface area contributed by atoms with Crippen molar-refractivity contribution < 1.29 is 4.39 Å². The number of anilines is 1. The molecule has 2 aromatic heterocycles. The Kier molecular flexibility index (Phi) is 6.77. The number of halogens is 1. The molecule has 2 heterocycles. The van der Waals surface area contributed by atoms with Gasteiger partial charge in [0, 0.05) is 11.4 Å². The highest BCUT2D eigenvalue weighted by molar-refractivity contribution is 5.95. The molecule has 6 heteroatoms. The van der Waals surface area contributed by atoms with Crippen LogP contribution in [-0.2, 0) is 0 Å². The first kappa shape index (κ1) is 23.2. The molecule has 0 bridgehead atoms. The van der Waals surface area contributed by atoms with Gasteiger partial charge in [-0.1, -0.05) is 45.2 Å². The smallest absolute Gasteiger partial charge is 0.126 e. The maximum atomic E-state index is 14.1. The lowest BCUT2D eigenvalue weighted by molar-refractivity contribution is 0.560. The zero-order chi connectivity index (χ0) is 24.2. The third kappa shape index (κ3) is 4.71. The Morgan fingerprint density at radius 1 is 1.06 bits per heavy atom. The molecule has 0 saturated carbocycles. The Balaban J connectivity index is 1.54. The molecule has 174 valence electrons. The molecule has 5 nitrogen and oxygen atoms in total. The van der Waals surface area contributed by atoms with Crippen molar-refractivity contribution in [2.75, 3.05) is 5.32 Å². The molecule has 0 unspecified atom stereocenters. The first-order valence-corrected chi connectivity index (χ1v) is 11.5. The molecule has 0 atom stereocenters. The molecule has 0 aliphatic rings. The molecule has 0 radical (unpaired) electrons. The number of aromatic nitrogens is 3. The van der Waals surface area contributed by atoms with Crippen LogP contribution in [0.5, 0.6) is 0 Å². The van der Waals surface area contributed by atoms with Crippen molar-refractivity contribution in [3.8, 4) is 11.1 Å². The fourth-order valence-electron chi connectivity index (χ4n) is 4.02. The van der Waals surface area contributed by atoms with Gasteiger partial charge in [-0.05, 0) is 66.8 Å². The van der Waals surface area contributed by atoms with E-state index in [0.29, 0.717) is 23.0 Å². The number of aromatic amines is 1. The first-order chi connectivity index (χ1) is 16.4. The molecular weight excluding hydrogens is 425 g/mol. The van der Waals surface area contributed by atoms with Crippen LogP contribution in [-0.4, -0.2) is 21.2 Å². The largest absolute Gasteiger partial charge is 0.381 e. The summed E-state index contributed by atoms with van der Waals surface area (Å²) in [6.07, 6.45) is 3.83. The summed E-state index contributed by atoms with van der Waals surface area (Å²) in [4.78, 5) is 4.54. The van der Waals surface area contributed by atoms with Crippen molar-refractivity contribution in [3.05, 3.63) is 90.7 Å². The third-order valence-corrected chi connectivity index (χ3v) is 6.16. The van der Waals surface area contributed by atoms with Crippen molar-refractivity contribution >= 4 is 28.0 Å². The van der Waals surface area contributed by atoms with E-state index in [4.69, 9.17) is 0 Å². The van der Waals surface area contributed by atoms with E-state index in [-0.39, 0.29) is 5.82 Å². The fourth-order valence-corrected chi connectivity index (χ4v) is 4.02. The van der Waals surface area contributed by atoms with E-state index in [1.807, 2.05) is 36.4 Å². The maximum Gasteiger partial charge on any atom is 0.126 e. The molecule has 2 aromatic carbocycles. The van der Waals surface area contributed by atoms with Gasteiger partial charge in [0.15, 0.2) is 0 Å². The summed E-state index contributed by atoms with van der Waals surface area (Å²) in [5.74, 6) is -0.218. The zero-order valence-corrected chi connectivity index (χ0v) is 19.9. The average molecular weight is 456 g/mol. The van der Waals surface area contributed by atoms with Gasteiger partial charge in [-0.2, -0.15) is 5.10 Å². The van der Waals surface area contributed by atoms with E-state index in [1.165, 1.54) is 6.07 Å². The minimum Gasteiger partial charge on any atom is -0.381 e. The number of pyridine rings is 1. The van der Waals surface area contributed by atoms with Crippen molar-refractivity contribution in [1.29, 1.82) is 0 Å². The predicted octanol–water partition coefficient (Wildman–Crippen LogP) is 6.90. The summed E-state index contributed by atoms with van der Waals surface area (Å²) in [5, 5.41) is 15.1. The second kappa shape index (κ2) is 9.91. The Morgan fingerprint density at radius 3 is 2.56 bits per heavy atom. The number of H-pyrrole nitrogens is 1. The molecule has 34 heavy (non-hydrogen) atoms. The molecular formula is C28H30FN5.